The van der Waals surface area contributed by atoms with Gasteiger partial charge in [-0.2, -0.15) is 0 Å². The van der Waals surface area contributed by atoms with Gasteiger partial charge in [-0.3, -0.25) is 9.89 Å². The van der Waals surface area contributed by atoms with E-state index in [2.05, 4.69) is 25.5 Å². The lowest BCUT2D eigenvalue weighted by atomic mass is 10.2. The SMILES string of the molecule is O=C(Cc1nc(CSc2n[nH]c(-c3ccccc3)n2)cs1)Nc1ccccc1. The van der Waals surface area contributed by atoms with Gasteiger partial charge in [-0.1, -0.05) is 60.3 Å². The minimum atomic E-state index is -0.0683. The van der Waals surface area contributed by atoms with Gasteiger partial charge in [-0.15, -0.1) is 16.4 Å². The van der Waals surface area contributed by atoms with Crippen LogP contribution in [0.1, 0.15) is 10.7 Å². The van der Waals surface area contributed by atoms with Gasteiger partial charge in [0, 0.05) is 22.4 Å². The van der Waals surface area contributed by atoms with Gasteiger partial charge < -0.3 is 5.32 Å². The predicted molar refractivity (Wildman–Crippen MR) is 112 cm³/mol. The molecule has 4 aromatic rings. The van der Waals surface area contributed by atoms with Crippen LogP contribution in [0.5, 0.6) is 0 Å². The Bertz CT molecular complexity index is 1050. The van der Waals surface area contributed by atoms with E-state index in [1.807, 2.05) is 66.0 Å². The first-order chi connectivity index (χ1) is 13.8. The monoisotopic (exact) mass is 407 g/mol. The lowest BCUT2D eigenvalue weighted by Gasteiger charge is -2.02. The van der Waals surface area contributed by atoms with Crippen molar-refractivity contribution in [1.29, 1.82) is 0 Å². The number of nitrogens with zero attached hydrogens (tertiary/aromatic N) is 3. The number of carbonyl (C=O) groups is 1. The summed E-state index contributed by atoms with van der Waals surface area (Å²) in [6.07, 6.45) is 0.267. The first kappa shape index (κ1) is 18.4. The van der Waals surface area contributed by atoms with Crippen LogP contribution in [0.15, 0.2) is 71.2 Å². The molecule has 2 N–H and O–H groups in total. The molecule has 0 spiro atoms. The summed E-state index contributed by atoms with van der Waals surface area (Å²) in [6, 6.07) is 19.3. The Morgan fingerprint density at radius 3 is 2.57 bits per heavy atom. The van der Waals surface area contributed by atoms with Crippen molar-refractivity contribution in [3.05, 3.63) is 76.7 Å². The number of thiazole rings is 1. The lowest BCUT2D eigenvalue weighted by molar-refractivity contribution is -0.115. The van der Waals surface area contributed by atoms with E-state index in [0.717, 1.165) is 27.8 Å². The molecule has 0 saturated heterocycles. The molecular formula is C20H17N5OS2. The minimum absolute atomic E-state index is 0.0683. The molecule has 0 radical (unpaired) electrons. The van der Waals surface area contributed by atoms with Crippen LogP contribution in [0.2, 0.25) is 0 Å². The molecule has 0 aliphatic carbocycles. The summed E-state index contributed by atoms with van der Waals surface area (Å²) >= 11 is 3.01. The minimum Gasteiger partial charge on any atom is -0.326 e. The molecule has 28 heavy (non-hydrogen) atoms. The van der Waals surface area contributed by atoms with Crippen molar-refractivity contribution in [1.82, 2.24) is 20.2 Å². The van der Waals surface area contributed by atoms with Gasteiger partial charge in [-0.05, 0) is 12.1 Å². The standard InChI is InChI=1S/C20H17N5OS2/c26-17(21-15-9-5-2-6-10-15)11-18-22-16(12-27-18)13-28-20-23-19(24-25-20)14-7-3-1-4-8-14/h1-10,12H,11,13H2,(H,21,26)(H,23,24,25). The van der Waals surface area contributed by atoms with Crippen LogP contribution in [0.25, 0.3) is 11.4 Å². The Kier molecular flexibility index (Phi) is 5.79. The quantitative estimate of drug-likeness (QED) is 0.444. The Hall–Kier alpha value is -2.97. The third-order valence-corrected chi connectivity index (χ3v) is 5.61. The number of para-hydroxylation sites is 1. The molecular weight excluding hydrogens is 390 g/mol. The molecule has 140 valence electrons. The Morgan fingerprint density at radius 1 is 1.04 bits per heavy atom. The van der Waals surface area contributed by atoms with Gasteiger partial charge in [0.1, 0.15) is 5.01 Å². The van der Waals surface area contributed by atoms with Crippen LogP contribution < -0.4 is 5.32 Å². The van der Waals surface area contributed by atoms with Crippen LogP contribution in [0, 0.1) is 0 Å². The molecule has 6 nitrogen and oxygen atoms in total. The number of aromatic amines is 1. The van der Waals surface area contributed by atoms with E-state index >= 15 is 0 Å². The highest BCUT2D eigenvalue weighted by atomic mass is 32.2. The Morgan fingerprint density at radius 2 is 1.79 bits per heavy atom. The highest BCUT2D eigenvalue weighted by molar-refractivity contribution is 7.98. The van der Waals surface area contributed by atoms with Crippen LogP contribution in [-0.4, -0.2) is 26.1 Å². The van der Waals surface area contributed by atoms with Crippen molar-refractivity contribution in [2.75, 3.05) is 5.32 Å². The molecule has 0 fully saturated rings. The second-order valence-corrected chi connectivity index (χ2v) is 7.83. The zero-order chi connectivity index (χ0) is 19.2. The van der Waals surface area contributed by atoms with Crippen LogP contribution in [0.3, 0.4) is 0 Å². The third kappa shape index (κ3) is 4.85. The summed E-state index contributed by atoms with van der Waals surface area (Å²) in [7, 11) is 0. The fourth-order valence-electron chi connectivity index (χ4n) is 2.54. The molecule has 4 rings (SSSR count). The predicted octanol–water partition coefficient (Wildman–Crippen LogP) is 4.40. The molecule has 0 unspecified atom stereocenters. The summed E-state index contributed by atoms with van der Waals surface area (Å²) < 4.78 is 0. The average Bonchev–Trinajstić information content (AvgIpc) is 3.37. The van der Waals surface area contributed by atoms with Crippen molar-refractivity contribution in [3.8, 4) is 11.4 Å². The molecule has 0 saturated carbocycles. The number of aromatic nitrogens is 4. The molecule has 1 amide bonds. The second kappa shape index (κ2) is 8.81. The number of amides is 1. The number of benzene rings is 2. The first-order valence-electron chi connectivity index (χ1n) is 8.65. The maximum absolute atomic E-state index is 12.1. The van der Waals surface area contributed by atoms with Gasteiger partial charge in [0.05, 0.1) is 12.1 Å². The second-order valence-electron chi connectivity index (χ2n) is 5.94. The first-order valence-corrected chi connectivity index (χ1v) is 10.5. The van der Waals surface area contributed by atoms with E-state index in [9.17, 15) is 4.79 Å². The molecule has 0 aliphatic rings. The van der Waals surface area contributed by atoms with Gasteiger partial charge in [0.25, 0.3) is 0 Å². The average molecular weight is 408 g/mol. The van der Waals surface area contributed by atoms with Gasteiger partial charge in [0.15, 0.2) is 5.82 Å². The topological polar surface area (TPSA) is 83.6 Å². The maximum atomic E-state index is 12.1. The fourth-order valence-corrected chi connectivity index (χ4v) is 4.12. The normalized spacial score (nSPS) is 10.7. The van der Waals surface area contributed by atoms with Crippen LogP contribution in [-0.2, 0) is 17.0 Å². The van der Waals surface area contributed by atoms with E-state index < -0.39 is 0 Å². The number of carbonyl (C=O) groups excluding carboxylic acids is 1. The molecule has 2 aromatic carbocycles. The van der Waals surface area contributed by atoms with E-state index in [0.29, 0.717) is 10.9 Å². The van der Waals surface area contributed by atoms with Gasteiger partial charge >= 0.3 is 0 Å². The Balaban J connectivity index is 1.30. The van der Waals surface area contributed by atoms with Crippen LogP contribution >= 0.6 is 23.1 Å². The van der Waals surface area contributed by atoms with Crippen molar-refractivity contribution in [2.24, 2.45) is 0 Å². The summed E-state index contributed by atoms with van der Waals surface area (Å²) in [5.41, 5.74) is 2.71. The van der Waals surface area contributed by atoms with E-state index in [1.54, 1.807) is 0 Å². The number of hydrogen-bond donors (Lipinski definition) is 2. The van der Waals surface area contributed by atoms with Gasteiger partial charge in [0.2, 0.25) is 11.1 Å². The molecule has 0 atom stereocenters. The van der Waals surface area contributed by atoms with E-state index in [-0.39, 0.29) is 12.3 Å². The molecule has 8 heteroatoms. The zero-order valence-electron chi connectivity index (χ0n) is 14.8. The van der Waals surface area contributed by atoms with E-state index in [1.165, 1.54) is 23.1 Å². The van der Waals surface area contributed by atoms with Crippen molar-refractivity contribution < 1.29 is 4.79 Å². The molecule has 2 heterocycles. The van der Waals surface area contributed by atoms with Crippen LogP contribution in [0.4, 0.5) is 5.69 Å². The number of nitrogens with one attached hydrogen (secondary N) is 2. The number of H-pyrrole nitrogens is 1. The summed E-state index contributed by atoms with van der Waals surface area (Å²) in [5.74, 6) is 1.34. The molecule has 0 bridgehead atoms. The summed E-state index contributed by atoms with van der Waals surface area (Å²) in [6.45, 7) is 0. The van der Waals surface area contributed by atoms with Crippen molar-refractivity contribution >= 4 is 34.7 Å². The van der Waals surface area contributed by atoms with Gasteiger partial charge in [-0.25, -0.2) is 9.97 Å². The number of anilines is 1. The van der Waals surface area contributed by atoms with Crippen molar-refractivity contribution in [2.45, 2.75) is 17.3 Å². The molecule has 2 aromatic heterocycles. The number of rotatable bonds is 7. The largest absolute Gasteiger partial charge is 0.326 e. The number of hydrogen-bond acceptors (Lipinski definition) is 6. The maximum Gasteiger partial charge on any atom is 0.231 e. The lowest BCUT2D eigenvalue weighted by Crippen LogP contribution is -2.14. The summed E-state index contributed by atoms with van der Waals surface area (Å²) in [4.78, 5) is 21.2. The highest BCUT2D eigenvalue weighted by Gasteiger charge is 2.10. The third-order valence-electron chi connectivity index (χ3n) is 3.83. The number of thioether (sulfide) groups is 1. The highest BCUT2D eigenvalue weighted by Crippen LogP contribution is 2.23. The van der Waals surface area contributed by atoms with Crippen molar-refractivity contribution in [3.63, 3.8) is 0 Å². The summed E-state index contributed by atoms with van der Waals surface area (Å²) in [5, 5.41) is 13.5. The molecule has 0 aliphatic heterocycles. The fraction of sp³-hybridized carbons (Fsp3) is 0.100. The van der Waals surface area contributed by atoms with E-state index in [4.69, 9.17) is 0 Å². The Labute approximate surface area is 170 Å². The zero-order valence-corrected chi connectivity index (χ0v) is 16.5. The smallest absolute Gasteiger partial charge is 0.231 e.